The van der Waals surface area contributed by atoms with Crippen molar-refractivity contribution in [1.82, 2.24) is 10.6 Å². The summed E-state index contributed by atoms with van der Waals surface area (Å²) in [6.07, 6.45) is 4.63. The summed E-state index contributed by atoms with van der Waals surface area (Å²) in [6.45, 7) is 4.88. The second-order valence-electron chi connectivity index (χ2n) is 4.44. The summed E-state index contributed by atoms with van der Waals surface area (Å²) in [4.78, 5) is 11.7. The Hall–Kier alpha value is -0.570. The first kappa shape index (κ1) is 11.5. The van der Waals surface area contributed by atoms with Gasteiger partial charge in [0.2, 0.25) is 5.91 Å². The molecule has 3 heteroatoms. The number of carbonyl (C=O) groups excluding carboxylic acids is 1. The summed E-state index contributed by atoms with van der Waals surface area (Å²) < 4.78 is 0. The molecule has 2 N–H and O–H groups in total. The molecule has 1 aliphatic carbocycles. The third-order valence-corrected chi connectivity index (χ3v) is 3.33. The third kappa shape index (κ3) is 2.47. The summed E-state index contributed by atoms with van der Waals surface area (Å²) in [7, 11) is 1.88. The van der Waals surface area contributed by atoms with Crippen LogP contribution in [0.2, 0.25) is 0 Å². The van der Waals surface area contributed by atoms with Crippen LogP contribution in [-0.2, 0) is 4.79 Å². The number of amides is 1. The molecular formula is C11H22N2O. The molecule has 1 saturated carbocycles. The smallest absolute Gasteiger partial charge is 0.224 e. The van der Waals surface area contributed by atoms with E-state index in [1.165, 1.54) is 6.42 Å². The Labute approximate surface area is 86.6 Å². The summed E-state index contributed by atoms with van der Waals surface area (Å²) >= 11 is 0. The summed E-state index contributed by atoms with van der Waals surface area (Å²) in [5.74, 6) is 0.268. The second-order valence-corrected chi connectivity index (χ2v) is 4.44. The van der Waals surface area contributed by atoms with E-state index >= 15 is 0 Å². The van der Waals surface area contributed by atoms with Crippen LogP contribution in [0.3, 0.4) is 0 Å². The lowest BCUT2D eigenvalue weighted by Crippen LogP contribution is -2.55. The van der Waals surface area contributed by atoms with Gasteiger partial charge < -0.3 is 10.6 Å². The molecular weight excluding hydrogens is 176 g/mol. The lowest BCUT2D eigenvalue weighted by Gasteiger charge is -2.42. The lowest BCUT2D eigenvalue weighted by atomic mass is 9.74. The van der Waals surface area contributed by atoms with Crippen LogP contribution in [0.4, 0.5) is 0 Å². The summed E-state index contributed by atoms with van der Waals surface area (Å²) in [6, 6.07) is 0. The lowest BCUT2D eigenvalue weighted by molar-refractivity contribution is -0.127. The number of nitrogens with one attached hydrogen (secondary N) is 2. The highest BCUT2D eigenvalue weighted by Gasteiger charge is 2.36. The fraction of sp³-hybridized carbons (Fsp3) is 0.909. The molecule has 0 radical (unpaired) electrons. The Bertz CT molecular complexity index is 194. The molecule has 1 aliphatic rings. The fourth-order valence-corrected chi connectivity index (χ4v) is 1.95. The third-order valence-electron chi connectivity index (χ3n) is 3.33. The van der Waals surface area contributed by atoms with Gasteiger partial charge in [-0.25, -0.2) is 0 Å². The molecule has 1 amide bonds. The minimum absolute atomic E-state index is 0.0732. The van der Waals surface area contributed by atoms with E-state index in [1.54, 1.807) is 0 Å². The maximum absolute atomic E-state index is 11.7. The van der Waals surface area contributed by atoms with Gasteiger partial charge in [0.25, 0.3) is 0 Å². The van der Waals surface area contributed by atoms with Crippen LogP contribution in [0.25, 0.3) is 0 Å². The molecule has 82 valence electrons. The molecule has 1 unspecified atom stereocenters. The van der Waals surface area contributed by atoms with Crippen molar-refractivity contribution in [3.05, 3.63) is 0 Å². The molecule has 1 atom stereocenters. The van der Waals surface area contributed by atoms with Crippen LogP contribution in [-0.4, -0.2) is 25.0 Å². The predicted molar refractivity (Wildman–Crippen MR) is 58.1 cm³/mol. The molecule has 0 spiro atoms. The minimum Gasteiger partial charge on any atom is -0.350 e. The van der Waals surface area contributed by atoms with Crippen LogP contribution < -0.4 is 10.6 Å². The number of hydrogen-bond acceptors (Lipinski definition) is 2. The van der Waals surface area contributed by atoms with Gasteiger partial charge in [-0.1, -0.05) is 13.8 Å². The van der Waals surface area contributed by atoms with E-state index in [2.05, 4.69) is 17.6 Å². The molecule has 0 bridgehead atoms. The molecule has 0 saturated heterocycles. The normalized spacial score (nSPS) is 21.1. The van der Waals surface area contributed by atoms with E-state index in [1.807, 2.05) is 14.0 Å². The van der Waals surface area contributed by atoms with Crippen molar-refractivity contribution in [3.8, 4) is 0 Å². The minimum atomic E-state index is 0.0732. The molecule has 0 aromatic rings. The van der Waals surface area contributed by atoms with Gasteiger partial charge in [-0.05, 0) is 32.7 Å². The zero-order chi connectivity index (χ0) is 10.6. The maximum Gasteiger partial charge on any atom is 0.224 e. The van der Waals surface area contributed by atoms with E-state index in [4.69, 9.17) is 0 Å². The second kappa shape index (κ2) is 4.78. The summed E-state index contributed by atoms with van der Waals surface area (Å²) in [5, 5.41) is 6.21. The standard InChI is InChI=1S/C11H22N2O/c1-4-11(6-5-7-11)13-10(14)9(2)8-12-3/h9,12H,4-8H2,1-3H3,(H,13,14). The van der Waals surface area contributed by atoms with Crippen molar-refractivity contribution < 1.29 is 4.79 Å². The number of hydrogen-bond donors (Lipinski definition) is 2. The van der Waals surface area contributed by atoms with Gasteiger partial charge in [-0.15, -0.1) is 0 Å². The quantitative estimate of drug-likeness (QED) is 0.699. The molecule has 3 nitrogen and oxygen atoms in total. The highest BCUT2D eigenvalue weighted by Crippen LogP contribution is 2.34. The van der Waals surface area contributed by atoms with Crippen molar-refractivity contribution in [2.24, 2.45) is 5.92 Å². The van der Waals surface area contributed by atoms with E-state index in [-0.39, 0.29) is 17.4 Å². The molecule has 0 aromatic heterocycles. The molecule has 1 fully saturated rings. The van der Waals surface area contributed by atoms with Crippen molar-refractivity contribution in [3.63, 3.8) is 0 Å². The van der Waals surface area contributed by atoms with Crippen LogP contribution in [0.1, 0.15) is 39.5 Å². The van der Waals surface area contributed by atoms with Gasteiger partial charge in [0.05, 0.1) is 0 Å². The molecule has 1 rings (SSSR count). The van der Waals surface area contributed by atoms with Crippen LogP contribution in [0.5, 0.6) is 0 Å². The zero-order valence-electron chi connectivity index (χ0n) is 9.52. The topological polar surface area (TPSA) is 41.1 Å². The Morgan fingerprint density at radius 2 is 2.14 bits per heavy atom. The first-order valence-electron chi connectivity index (χ1n) is 5.60. The van der Waals surface area contributed by atoms with Crippen LogP contribution in [0.15, 0.2) is 0 Å². The Balaban J connectivity index is 2.38. The van der Waals surface area contributed by atoms with Crippen LogP contribution >= 0.6 is 0 Å². The van der Waals surface area contributed by atoms with Crippen molar-refractivity contribution in [2.45, 2.75) is 45.1 Å². The van der Waals surface area contributed by atoms with Gasteiger partial charge >= 0.3 is 0 Å². The number of carbonyl (C=O) groups is 1. The average Bonchev–Trinajstić information content (AvgIpc) is 2.11. The predicted octanol–water partition coefficient (Wildman–Crippen LogP) is 1.29. The van der Waals surface area contributed by atoms with Gasteiger partial charge in [0.15, 0.2) is 0 Å². The molecule has 14 heavy (non-hydrogen) atoms. The van der Waals surface area contributed by atoms with Crippen molar-refractivity contribution >= 4 is 5.91 Å². The van der Waals surface area contributed by atoms with Crippen LogP contribution in [0, 0.1) is 5.92 Å². The van der Waals surface area contributed by atoms with Gasteiger partial charge in [0, 0.05) is 18.0 Å². The number of rotatable bonds is 5. The molecule has 0 aromatic carbocycles. The first-order chi connectivity index (χ1) is 6.63. The van der Waals surface area contributed by atoms with E-state index in [0.717, 1.165) is 25.8 Å². The SMILES string of the molecule is CCC1(NC(=O)C(C)CNC)CCC1. The van der Waals surface area contributed by atoms with Gasteiger partial charge in [-0.3, -0.25) is 4.79 Å². The van der Waals surface area contributed by atoms with Gasteiger partial charge in [0.1, 0.15) is 0 Å². The molecule has 0 heterocycles. The monoisotopic (exact) mass is 198 g/mol. The Morgan fingerprint density at radius 1 is 1.50 bits per heavy atom. The zero-order valence-corrected chi connectivity index (χ0v) is 9.52. The van der Waals surface area contributed by atoms with Crippen molar-refractivity contribution in [1.29, 1.82) is 0 Å². The summed E-state index contributed by atoms with van der Waals surface area (Å²) in [5.41, 5.74) is 0.138. The average molecular weight is 198 g/mol. The van der Waals surface area contributed by atoms with Gasteiger partial charge in [-0.2, -0.15) is 0 Å². The van der Waals surface area contributed by atoms with Crippen molar-refractivity contribution in [2.75, 3.05) is 13.6 Å². The largest absolute Gasteiger partial charge is 0.350 e. The first-order valence-corrected chi connectivity index (χ1v) is 5.60. The Kier molecular flexibility index (Phi) is 3.93. The highest BCUT2D eigenvalue weighted by atomic mass is 16.2. The maximum atomic E-state index is 11.7. The van der Waals surface area contributed by atoms with E-state index < -0.39 is 0 Å². The Morgan fingerprint density at radius 3 is 2.50 bits per heavy atom. The fourth-order valence-electron chi connectivity index (χ4n) is 1.95. The van der Waals surface area contributed by atoms with E-state index in [0.29, 0.717) is 0 Å². The molecule has 0 aliphatic heterocycles. The van der Waals surface area contributed by atoms with E-state index in [9.17, 15) is 4.79 Å². The highest BCUT2D eigenvalue weighted by molar-refractivity contribution is 5.79.